The molecule has 96 valence electrons. The lowest BCUT2D eigenvalue weighted by Crippen LogP contribution is -2.08. The van der Waals surface area contributed by atoms with Crippen molar-refractivity contribution >= 4 is 43.2 Å². The van der Waals surface area contributed by atoms with Crippen LogP contribution in [-0.4, -0.2) is 38.5 Å². The zero-order valence-electron chi connectivity index (χ0n) is 9.65. The van der Waals surface area contributed by atoms with Gasteiger partial charge in [-0.1, -0.05) is 22.0 Å². The molecule has 0 saturated heterocycles. The van der Waals surface area contributed by atoms with E-state index in [0.717, 1.165) is 22.5 Å². The predicted molar refractivity (Wildman–Crippen MR) is 79.7 cm³/mol. The van der Waals surface area contributed by atoms with Crippen molar-refractivity contribution in [2.45, 2.75) is 0 Å². The van der Waals surface area contributed by atoms with Crippen LogP contribution in [0.4, 0.5) is 5.69 Å². The molecule has 1 aromatic carbocycles. The topological polar surface area (TPSA) is 46.2 Å². The van der Waals surface area contributed by atoms with Gasteiger partial charge in [0.15, 0.2) is 0 Å². The predicted octanol–water partition coefficient (Wildman–Crippen LogP) is 2.64. The average molecular weight is 338 g/mol. The number of nitrogens with one attached hydrogen (secondary N) is 1. The van der Waals surface area contributed by atoms with Crippen molar-refractivity contribution < 1.29 is 8.42 Å². The molecule has 0 atom stereocenters. The summed E-state index contributed by atoms with van der Waals surface area (Å²) in [5.41, 5.74) is 1.07. The Bertz CT molecular complexity index is 449. The van der Waals surface area contributed by atoms with Crippen LogP contribution in [0.3, 0.4) is 0 Å². The van der Waals surface area contributed by atoms with Crippen LogP contribution in [-0.2, 0) is 9.84 Å². The minimum Gasteiger partial charge on any atom is -0.384 e. The van der Waals surface area contributed by atoms with Gasteiger partial charge in [-0.2, -0.15) is 11.8 Å². The van der Waals surface area contributed by atoms with Gasteiger partial charge in [-0.3, -0.25) is 0 Å². The van der Waals surface area contributed by atoms with E-state index < -0.39 is 9.84 Å². The summed E-state index contributed by atoms with van der Waals surface area (Å²) in [6.45, 7) is 0.838. The van der Waals surface area contributed by atoms with Crippen molar-refractivity contribution in [3.05, 3.63) is 28.7 Å². The zero-order valence-corrected chi connectivity index (χ0v) is 12.9. The molecule has 0 radical (unpaired) electrons. The van der Waals surface area contributed by atoms with Crippen LogP contribution >= 0.6 is 27.7 Å². The molecule has 0 bridgehead atoms. The van der Waals surface area contributed by atoms with E-state index in [9.17, 15) is 8.42 Å². The first-order valence-electron chi connectivity index (χ1n) is 5.22. The van der Waals surface area contributed by atoms with Crippen LogP contribution in [0, 0.1) is 0 Å². The minimum absolute atomic E-state index is 0.258. The second kappa shape index (κ2) is 7.28. The van der Waals surface area contributed by atoms with Crippen LogP contribution in [0.1, 0.15) is 0 Å². The molecule has 0 aliphatic carbocycles. The number of rotatable bonds is 7. The molecule has 0 heterocycles. The van der Waals surface area contributed by atoms with Crippen molar-refractivity contribution in [1.29, 1.82) is 0 Å². The quantitative estimate of drug-likeness (QED) is 0.777. The highest BCUT2D eigenvalue weighted by atomic mass is 79.9. The number of hydrogen-bond acceptors (Lipinski definition) is 4. The molecular weight excluding hydrogens is 322 g/mol. The first kappa shape index (κ1) is 14.9. The highest BCUT2D eigenvalue weighted by Gasteiger charge is 2.01. The molecule has 6 heteroatoms. The maximum atomic E-state index is 10.9. The molecule has 17 heavy (non-hydrogen) atoms. The Kier molecular flexibility index (Phi) is 6.37. The van der Waals surface area contributed by atoms with E-state index in [4.69, 9.17) is 0 Å². The molecule has 0 amide bonds. The zero-order chi connectivity index (χ0) is 12.7. The van der Waals surface area contributed by atoms with Gasteiger partial charge in [0.2, 0.25) is 0 Å². The summed E-state index contributed by atoms with van der Waals surface area (Å²) in [5.74, 6) is 1.83. The van der Waals surface area contributed by atoms with Crippen LogP contribution in [0.2, 0.25) is 0 Å². The molecule has 1 N–H and O–H groups in total. The third kappa shape index (κ3) is 7.68. The molecule has 0 saturated carbocycles. The van der Waals surface area contributed by atoms with Gasteiger partial charge in [0.25, 0.3) is 0 Å². The maximum Gasteiger partial charge on any atom is 0.148 e. The van der Waals surface area contributed by atoms with E-state index >= 15 is 0 Å². The average Bonchev–Trinajstić information content (AvgIpc) is 2.22. The molecule has 0 aliphatic rings. The largest absolute Gasteiger partial charge is 0.384 e. The first-order chi connectivity index (χ1) is 7.97. The van der Waals surface area contributed by atoms with Gasteiger partial charge >= 0.3 is 0 Å². The van der Waals surface area contributed by atoms with E-state index in [1.54, 1.807) is 11.8 Å². The van der Waals surface area contributed by atoms with Crippen molar-refractivity contribution in [3.8, 4) is 0 Å². The maximum absolute atomic E-state index is 10.9. The summed E-state index contributed by atoms with van der Waals surface area (Å²) in [4.78, 5) is 0. The molecule has 0 aliphatic heterocycles. The third-order valence-electron chi connectivity index (χ3n) is 2.00. The molecule has 0 unspecified atom stereocenters. The Labute approximate surface area is 115 Å². The second-order valence-corrected chi connectivity index (χ2v) is 8.08. The minimum atomic E-state index is -2.82. The lowest BCUT2D eigenvalue weighted by molar-refractivity contribution is 0.603. The van der Waals surface area contributed by atoms with E-state index in [1.165, 1.54) is 6.26 Å². The van der Waals surface area contributed by atoms with E-state index in [-0.39, 0.29) is 5.75 Å². The Hall–Kier alpha value is -0.200. The molecule has 0 aromatic heterocycles. The summed E-state index contributed by atoms with van der Waals surface area (Å²) < 4.78 is 22.8. The molecule has 0 spiro atoms. The lowest BCUT2D eigenvalue weighted by atomic mass is 10.3. The normalized spacial score (nSPS) is 11.4. The van der Waals surface area contributed by atoms with Gasteiger partial charge in [-0.25, -0.2) is 8.42 Å². The summed E-state index contributed by atoms with van der Waals surface area (Å²) >= 11 is 5.06. The van der Waals surface area contributed by atoms with Gasteiger partial charge in [0.05, 0.1) is 5.75 Å². The highest BCUT2D eigenvalue weighted by Crippen LogP contribution is 2.15. The van der Waals surface area contributed by atoms with E-state index in [2.05, 4.69) is 21.2 Å². The fourth-order valence-electron chi connectivity index (χ4n) is 1.18. The summed E-state index contributed by atoms with van der Waals surface area (Å²) in [5, 5.41) is 3.28. The van der Waals surface area contributed by atoms with Crippen LogP contribution < -0.4 is 5.32 Å². The number of benzene rings is 1. The number of hydrogen-bond donors (Lipinski definition) is 1. The van der Waals surface area contributed by atoms with Crippen molar-refractivity contribution in [3.63, 3.8) is 0 Å². The van der Waals surface area contributed by atoms with Crippen LogP contribution in [0.15, 0.2) is 28.7 Å². The Morgan fingerprint density at radius 2 is 2.12 bits per heavy atom. The first-order valence-corrected chi connectivity index (χ1v) is 9.23. The highest BCUT2D eigenvalue weighted by molar-refractivity contribution is 9.10. The second-order valence-electron chi connectivity index (χ2n) is 3.68. The summed E-state index contributed by atoms with van der Waals surface area (Å²) in [7, 11) is -2.82. The molecule has 3 nitrogen and oxygen atoms in total. The molecular formula is C11H16BrNO2S2. The number of thioether (sulfide) groups is 1. The number of halogens is 1. The lowest BCUT2D eigenvalue weighted by Gasteiger charge is -2.06. The van der Waals surface area contributed by atoms with Gasteiger partial charge in [-0.05, 0) is 18.2 Å². The van der Waals surface area contributed by atoms with Gasteiger partial charge < -0.3 is 5.32 Å². The SMILES string of the molecule is CS(=O)(=O)CCSCCNc1cccc(Br)c1. The smallest absolute Gasteiger partial charge is 0.148 e. The van der Waals surface area contributed by atoms with Gasteiger partial charge in [0, 0.05) is 34.5 Å². The fourth-order valence-corrected chi connectivity index (χ4v) is 3.71. The van der Waals surface area contributed by atoms with E-state index in [1.807, 2.05) is 24.3 Å². The number of sulfone groups is 1. The van der Waals surface area contributed by atoms with Crippen molar-refractivity contribution in [2.24, 2.45) is 0 Å². The Morgan fingerprint density at radius 1 is 1.35 bits per heavy atom. The Morgan fingerprint density at radius 3 is 2.76 bits per heavy atom. The standard InChI is InChI=1S/C11H16BrNO2S2/c1-17(14,15)8-7-16-6-5-13-11-4-2-3-10(12)9-11/h2-4,9,13H,5-8H2,1H3. The third-order valence-corrected chi connectivity index (χ3v) is 4.68. The van der Waals surface area contributed by atoms with E-state index in [0.29, 0.717) is 5.75 Å². The molecule has 0 fully saturated rings. The Balaban J connectivity index is 2.13. The van der Waals surface area contributed by atoms with Crippen LogP contribution in [0.25, 0.3) is 0 Å². The monoisotopic (exact) mass is 337 g/mol. The van der Waals surface area contributed by atoms with Gasteiger partial charge in [0.1, 0.15) is 9.84 Å². The summed E-state index contributed by atoms with van der Waals surface area (Å²) in [6.07, 6.45) is 1.27. The number of anilines is 1. The summed E-state index contributed by atoms with van der Waals surface area (Å²) in [6, 6.07) is 7.97. The fraction of sp³-hybridized carbons (Fsp3) is 0.455. The van der Waals surface area contributed by atoms with Crippen LogP contribution in [0.5, 0.6) is 0 Å². The van der Waals surface area contributed by atoms with Crippen molar-refractivity contribution in [1.82, 2.24) is 0 Å². The molecule has 1 rings (SSSR count). The molecule has 1 aromatic rings. The van der Waals surface area contributed by atoms with Gasteiger partial charge in [-0.15, -0.1) is 0 Å². The van der Waals surface area contributed by atoms with Crippen molar-refractivity contribution in [2.75, 3.05) is 35.4 Å².